The molecule has 1 fully saturated rings. The van der Waals surface area contributed by atoms with Crippen molar-refractivity contribution in [3.8, 4) is 0 Å². The van der Waals surface area contributed by atoms with Crippen molar-refractivity contribution in [2.45, 2.75) is 26.2 Å². The molecule has 3 rings (SSSR count). The molecule has 0 atom stereocenters. The number of hydrogen-bond donors (Lipinski definition) is 0. The van der Waals surface area contributed by atoms with E-state index in [0.29, 0.717) is 11.3 Å². The molecule has 4 heteroatoms. The fourth-order valence-corrected chi connectivity index (χ4v) is 2.70. The maximum Gasteiger partial charge on any atom is 0.235 e. The molecule has 98 valence electrons. The fraction of sp³-hybridized carbons (Fsp3) is 0.400. The Morgan fingerprint density at radius 1 is 1.11 bits per heavy atom. The van der Waals surface area contributed by atoms with Crippen LogP contribution in [0, 0.1) is 6.92 Å². The highest BCUT2D eigenvalue weighted by atomic mass is 16.2. The lowest BCUT2D eigenvalue weighted by Gasteiger charge is -2.32. The van der Waals surface area contributed by atoms with Gasteiger partial charge in [0.1, 0.15) is 0 Å². The van der Waals surface area contributed by atoms with Crippen LogP contribution in [0.15, 0.2) is 18.2 Å². The van der Waals surface area contributed by atoms with Gasteiger partial charge in [-0.05, 0) is 38.3 Å². The number of carbonyl (C=O) groups excluding carboxylic acids is 2. The molecule has 2 aliphatic rings. The van der Waals surface area contributed by atoms with E-state index in [1.165, 1.54) is 12.5 Å². The topological polar surface area (TPSA) is 50.3 Å². The molecule has 1 aliphatic carbocycles. The minimum atomic E-state index is -0.441. The Morgan fingerprint density at radius 3 is 2.58 bits per heavy atom. The number of aromatic nitrogens is 1. The summed E-state index contributed by atoms with van der Waals surface area (Å²) in [6.07, 6.45) is 4.94. The number of aryl methyl sites for hydroxylation is 1. The van der Waals surface area contributed by atoms with Gasteiger partial charge in [0.15, 0.2) is 0 Å². The number of ketones is 2. The molecule has 0 aromatic carbocycles. The van der Waals surface area contributed by atoms with Crippen LogP contribution in [0.4, 0.5) is 0 Å². The van der Waals surface area contributed by atoms with E-state index in [0.717, 1.165) is 37.3 Å². The Kier molecular flexibility index (Phi) is 2.93. The van der Waals surface area contributed by atoms with Crippen molar-refractivity contribution in [3.63, 3.8) is 0 Å². The monoisotopic (exact) mass is 256 g/mol. The third-order valence-electron chi connectivity index (χ3n) is 3.71. The van der Waals surface area contributed by atoms with Gasteiger partial charge in [0.25, 0.3) is 0 Å². The van der Waals surface area contributed by atoms with Crippen molar-refractivity contribution in [3.05, 3.63) is 35.2 Å². The Bertz CT molecular complexity index is 584. The van der Waals surface area contributed by atoms with E-state index in [2.05, 4.69) is 9.88 Å². The number of carbonyl (C=O) groups is 2. The maximum absolute atomic E-state index is 11.9. The second kappa shape index (κ2) is 4.61. The third-order valence-corrected chi connectivity index (χ3v) is 3.71. The zero-order valence-corrected chi connectivity index (χ0v) is 11.0. The minimum absolute atomic E-state index is 0.432. The molecular formula is C15H16N2O2. The third kappa shape index (κ3) is 2.07. The van der Waals surface area contributed by atoms with E-state index < -0.39 is 11.6 Å². The first-order valence-corrected chi connectivity index (χ1v) is 6.70. The Morgan fingerprint density at radius 2 is 1.84 bits per heavy atom. The van der Waals surface area contributed by atoms with Crippen LogP contribution in [0.2, 0.25) is 0 Å². The smallest absolute Gasteiger partial charge is 0.235 e. The van der Waals surface area contributed by atoms with Gasteiger partial charge in [-0.1, -0.05) is 0 Å². The highest BCUT2D eigenvalue weighted by Crippen LogP contribution is 2.28. The second-order valence-electron chi connectivity index (χ2n) is 5.12. The van der Waals surface area contributed by atoms with Crippen molar-refractivity contribution in [2.75, 3.05) is 13.1 Å². The molecule has 1 aromatic rings. The van der Waals surface area contributed by atoms with Crippen LogP contribution in [0.1, 0.15) is 41.0 Å². The van der Waals surface area contributed by atoms with Gasteiger partial charge >= 0.3 is 0 Å². The molecule has 0 spiro atoms. The lowest BCUT2D eigenvalue weighted by molar-refractivity contribution is -0.111. The molecule has 1 aromatic heterocycles. The Hall–Kier alpha value is -1.97. The van der Waals surface area contributed by atoms with Crippen LogP contribution in [0.3, 0.4) is 0 Å². The van der Waals surface area contributed by atoms with Gasteiger partial charge in [-0.15, -0.1) is 0 Å². The first kappa shape index (κ1) is 12.1. The van der Waals surface area contributed by atoms with E-state index in [9.17, 15) is 9.59 Å². The van der Waals surface area contributed by atoms with Crippen LogP contribution in [-0.2, 0) is 4.79 Å². The van der Waals surface area contributed by atoms with Gasteiger partial charge in [0.05, 0.1) is 17.0 Å². The summed E-state index contributed by atoms with van der Waals surface area (Å²) in [4.78, 5) is 30.4. The Balaban J connectivity index is 2.08. The minimum Gasteiger partial charge on any atom is -0.370 e. The molecule has 0 saturated carbocycles. The lowest BCUT2D eigenvalue weighted by atomic mass is 9.95. The summed E-state index contributed by atoms with van der Waals surface area (Å²) in [5, 5.41) is 0. The number of likely N-dealkylation sites (tertiary alicyclic amines) is 1. The quantitative estimate of drug-likeness (QED) is 0.721. The summed E-state index contributed by atoms with van der Waals surface area (Å²) < 4.78 is 0. The number of nitrogens with zero attached hydrogens (tertiary/aromatic N) is 2. The van der Waals surface area contributed by atoms with Gasteiger partial charge in [0, 0.05) is 24.9 Å². The van der Waals surface area contributed by atoms with E-state index >= 15 is 0 Å². The number of allylic oxidation sites excluding steroid dienone is 1. The van der Waals surface area contributed by atoms with Gasteiger partial charge in [-0.25, -0.2) is 0 Å². The van der Waals surface area contributed by atoms with Crippen molar-refractivity contribution in [1.82, 2.24) is 9.88 Å². The summed E-state index contributed by atoms with van der Waals surface area (Å²) in [5.41, 5.74) is 2.80. The number of piperidine rings is 1. The summed E-state index contributed by atoms with van der Waals surface area (Å²) in [6, 6.07) is 3.50. The highest BCUT2D eigenvalue weighted by Gasteiger charge is 2.30. The van der Waals surface area contributed by atoms with Gasteiger partial charge in [-0.2, -0.15) is 0 Å². The molecule has 0 unspecified atom stereocenters. The number of rotatable bonds is 1. The number of fused-ring (bicyclic) bond motifs is 1. The molecular weight excluding hydrogens is 240 g/mol. The predicted octanol–water partition coefficient (Wildman–Crippen LogP) is 1.98. The largest absolute Gasteiger partial charge is 0.370 e. The SMILES string of the molecule is Cc1ccc2c(n1)C(N1CCCCC1)=CC(=O)C2=O. The summed E-state index contributed by atoms with van der Waals surface area (Å²) in [7, 11) is 0. The van der Waals surface area contributed by atoms with Crippen molar-refractivity contribution < 1.29 is 9.59 Å². The maximum atomic E-state index is 11.9. The second-order valence-corrected chi connectivity index (χ2v) is 5.12. The molecule has 1 saturated heterocycles. The molecule has 2 heterocycles. The molecule has 0 amide bonds. The predicted molar refractivity (Wildman–Crippen MR) is 71.7 cm³/mol. The van der Waals surface area contributed by atoms with Crippen LogP contribution in [0.5, 0.6) is 0 Å². The zero-order valence-electron chi connectivity index (χ0n) is 11.0. The van der Waals surface area contributed by atoms with Crippen LogP contribution >= 0.6 is 0 Å². The van der Waals surface area contributed by atoms with Crippen LogP contribution < -0.4 is 0 Å². The van der Waals surface area contributed by atoms with E-state index in [-0.39, 0.29) is 0 Å². The van der Waals surface area contributed by atoms with Crippen LogP contribution in [-0.4, -0.2) is 34.5 Å². The zero-order chi connectivity index (χ0) is 13.4. The average Bonchev–Trinajstić information content (AvgIpc) is 2.43. The highest BCUT2D eigenvalue weighted by molar-refractivity contribution is 6.50. The van der Waals surface area contributed by atoms with Crippen LogP contribution in [0.25, 0.3) is 5.70 Å². The van der Waals surface area contributed by atoms with Crippen molar-refractivity contribution in [1.29, 1.82) is 0 Å². The summed E-state index contributed by atoms with van der Waals surface area (Å²) in [6.45, 7) is 3.76. The normalized spacial score (nSPS) is 19.2. The molecule has 0 N–H and O–H groups in total. The first-order chi connectivity index (χ1) is 9.16. The van der Waals surface area contributed by atoms with E-state index in [4.69, 9.17) is 0 Å². The fourth-order valence-electron chi connectivity index (χ4n) is 2.70. The standard InChI is InChI=1S/C15H16N2O2/c1-10-5-6-11-14(16-10)12(9-13(18)15(11)19)17-7-3-2-4-8-17/h5-6,9H,2-4,7-8H2,1H3. The van der Waals surface area contributed by atoms with Gasteiger partial charge in [0.2, 0.25) is 11.6 Å². The molecule has 0 bridgehead atoms. The summed E-state index contributed by atoms with van der Waals surface area (Å²) in [5.74, 6) is -0.873. The van der Waals surface area contributed by atoms with Crippen molar-refractivity contribution >= 4 is 17.3 Å². The number of hydrogen-bond acceptors (Lipinski definition) is 4. The lowest BCUT2D eigenvalue weighted by Crippen LogP contribution is -2.33. The number of Topliss-reactive ketones (excluding diaryl/α,β-unsaturated/α-hetero) is 1. The van der Waals surface area contributed by atoms with Gasteiger partial charge in [-0.3, -0.25) is 14.6 Å². The molecule has 0 radical (unpaired) electrons. The molecule has 4 nitrogen and oxygen atoms in total. The first-order valence-electron chi connectivity index (χ1n) is 6.70. The average molecular weight is 256 g/mol. The Labute approximate surface area is 112 Å². The number of pyridine rings is 1. The van der Waals surface area contributed by atoms with Crippen molar-refractivity contribution in [2.24, 2.45) is 0 Å². The summed E-state index contributed by atoms with van der Waals surface area (Å²) >= 11 is 0. The molecule has 1 aliphatic heterocycles. The van der Waals surface area contributed by atoms with Gasteiger partial charge < -0.3 is 4.90 Å². The van der Waals surface area contributed by atoms with E-state index in [1.54, 1.807) is 12.1 Å². The van der Waals surface area contributed by atoms with E-state index in [1.807, 2.05) is 6.92 Å². The molecule has 19 heavy (non-hydrogen) atoms.